The van der Waals surface area contributed by atoms with E-state index in [-0.39, 0.29) is 17.4 Å². The van der Waals surface area contributed by atoms with E-state index < -0.39 is 0 Å². The molecule has 5 N–H and O–H groups in total. The molecule has 0 saturated carbocycles. The Kier molecular flexibility index (Phi) is 5.86. The van der Waals surface area contributed by atoms with Gasteiger partial charge in [-0.1, -0.05) is 0 Å². The van der Waals surface area contributed by atoms with Crippen LogP contribution in [0.15, 0.2) is 18.6 Å². The zero-order valence-electron chi connectivity index (χ0n) is 16.2. The third-order valence-electron chi connectivity index (χ3n) is 4.35. The van der Waals surface area contributed by atoms with Gasteiger partial charge < -0.3 is 21.7 Å². The molecule has 0 aliphatic carbocycles. The maximum atomic E-state index is 9.31. The van der Waals surface area contributed by atoms with E-state index in [2.05, 4.69) is 31.0 Å². The molecule has 3 heterocycles. The number of aromatic nitrogens is 5. The van der Waals surface area contributed by atoms with Gasteiger partial charge in [-0.3, -0.25) is 0 Å². The number of nitrogens with one attached hydrogen (secondary N) is 3. The van der Waals surface area contributed by atoms with Gasteiger partial charge in [0.05, 0.1) is 6.04 Å². The predicted molar refractivity (Wildman–Crippen MR) is 108 cm³/mol. The van der Waals surface area contributed by atoms with Gasteiger partial charge in [-0.25, -0.2) is 19.5 Å². The van der Waals surface area contributed by atoms with Gasteiger partial charge in [0.2, 0.25) is 0 Å². The van der Waals surface area contributed by atoms with Gasteiger partial charge in [-0.2, -0.15) is 10.4 Å². The zero-order valence-corrected chi connectivity index (χ0v) is 16.2. The lowest BCUT2D eigenvalue weighted by molar-refractivity contribution is 0.720. The fourth-order valence-electron chi connectivity index (χ4n) is 2.86. The van der Waals surface area contributed by atoms with Crippen LogP contribution in [0.25, 0.3) is 5.52 Å². The van der Waals surface area contributed by atoms with Gasteiger partial charge in [0.15, 0.2) is 11.6 Å². The molecule has 0 aromatic carbocycles. The minimum Gasteiger partial charge on any atom is -0.382 e. The summed E-state index contributed by atoms with van der Waals surface area (Å²) in [6, 6.07) is 3.73. The zero-order chi connectivity index (χ0) is 20.1. The summed E-state index contributed by atoms with van der Waals surface area (Å²) < 4.78 is 1.82. The number of nitrogens with zero attached hydrogens (tertiary/aromatic N) is 6. The fraction of sp³-hybridized carbons (Fsp3) is 0.389. The van der Waals surface area contributed by atoms with Crippen molar-refractivity contribution in [2.45, 2.75) is 26.3 Å². The highest BCUT2D eigenvalue weighted by Gasteiger charge is 2.18. The van der Waals surface area contributed by atoms with Crippen molar-refractivity contribution in [3.05, 3.63) is 35.5 Å². The molecule has 3 aromatic heterocycles. The minimum atomic E-state index is -0.300. The highest BCUT2D eigenvalue weighted by Crippen LogP contribution is 2.24. The topological polar surface area (TPSA) is 142 Å². The number of fused-ring (bicyclic) bond motifs is 1. The molecule has 0 aliphatic heterocycles. The van der Waals surface area contributed by atoms with Crippen LogP contribution in [0.2, 0.25) is 0 Å². The number of nitrogen functional groups attached to an aromatic ring is 1. The molecule has 146 valence electrons. The van der Waals surface area contributed by atoms with E-state index in [1.54, 1.807) is 0 Å². The van der Waals surface area contributed by atoms with Crippen molar-refractivity contribution >= 4 is 23.0 Å². The molecule has 0 radical (unpaired) electrons. The fourth-order valence-corrected chi connectivity index (χ4v) is 2.86. The van der Waals surface area contributed by atoms with Gasteiger partial charge in [0, 0.05) is 12.7 Å². The number of hydrogen-bond acceptors (Lipinski definition) is 9. The summed E-state index contributed by atoms with van der Waals surface area (Å²) >= 11 is 0. The van der Waals surface area contributed by atoms with Gasteiger partial charge >= 0.3 is 0 Å². The Labute approximate surface area is 163 Å². The average molecular weight is 380 g/mol. The first-order valence-corrected chi connectivity index (χ1v) is 9.06. The third-order valence-corrected chi connectivity index (χ3v) is 4.35. The molecule has 0 aliphatic rings. The van der Waals surface area contributed by atoms with Crippen LogP contribution < -0.4 is 21.7 Å². The second-order valence-electron chi connectivity index (χ2n) is 6.45. The second kappa shape index (κ2) is 8.49. The van der Waals surface area contributed by atoms with Crippen molar-refractivity contribution in [1.82, 2.24) is 29.9 Å². The maximum absolute atomic E-state index is 9.31. The number of nitriles is 1. The standard InChI is InChI=1S/C18H24N10/c1-11-5-8-28-14(11)18(22-7-4-6-21-3)26-16(27-28)12(2)25-17-13(9-19)15(20)23-10-24-17/h5,8,10,12,21H,4,6-7H2,1-3H3,(H,22,26,27)(H3,20,23,24,25). The van der Waals surface area contributed by atoms with Crippen LogP contribution in [-0.4, -0.2) is 44.7 Å². The molecule has 1 atom stereocenters. The average Bonchev–Trinajstić information content (AvgIpc) is 3.06. The summed E-state index contributed by atoms with van der Waals surface area (Å²) in [4.78, 5) is 12.7. The SMILES string of the molecule is CNCCCNc1nc(C(C)Nc2ncnc(N)c2C#N)nn2ccc(C)c12. The summed E-state index contributed by atoms with van der Waals surface area (Å²) in [5.74, 6) is 1.84. The number of rotatable bonds is 8. The summed E-state index contributed by atoms with van der Waals surface area (Å²) in [5, 5.41) is 23.6. The Morgan fingerprint density at radius 3 is 2.86 bits per heavy atom. The molecule has 10 heteroatoms. The summed E-state index contributed by atoms with van der Waals surface area (Å²) in [6.07, 6.45) is 4.20. The first-order chi connectivity index (χ1) is 13.5. The summed E-state index contributed by atoms with van der Waals surface area (Å²) in [7, 11) is 1.93. The minimum absolute atomic E-state index is 0.136. The lowest BCUT2D eigenvalue weighted by Gasteiger charge is -2.16. The molecular formula is C18H24N10. The van der Waals surface area contributed by atoms with Gasteiger partial charge in [0.25, 0.3) is 0 Å². The van der Waals surface area contributed by atoms with E-state index in [0.29, 0.717) is 11.6 Å². The van der Waals surface area contributed by atoms with Crippen LogP contribution in [0.4, 0.5) is 17.5 Å². The first-order valence-electron chi connectivity index (χ1n) is 9.06. The molecular weight excluding hydrogens is 356 g/mol. The molecule has 0 amide bonds. The van der Waals surface area contributed by atoms with E-state index in [1.165, 1.54) is 6.33 Å². The van der Waals surface area contributed by atoms with Gasteiger partial charge in [-0.05, 0) is 45.5 Å². The second-order valence-corrected chi connectivity index (χ2v) is 6.45. The van der Waals surface area contributed by atoms with Crippen molar-refractivity contribution < 1.29 is 0 Å². The summed E-state index contributed by atoms with van der Waals surface area (Å²) in [6.45, 7) is 5.65. The van der Waals surface area contributed by atoms with E-state index in [1.807, 2.05) is 43.7 Å². The van der Waals surface area contributed by atoms with Crippen molar-refractivity contribution in [2.24, 2.45) is 0 Å². The number of aryl methyl sites for hydroxylation is 1. The smallest absolute Gasteiger partial charge is 0.173 e. The highest BCUT2D eigenvalue weighted by atomic mass is 15.3. The van der Waals surface area contributed by atoms with E-state index in [9.17, 15) is 5.26 Å². The van der Waals surface area contributed by atoms with E-state index >= 15 is 0 Å². The Morgan fingerprint density at radius 1 is 1.29 bits per heavy atom. The first kappa shape index (κ1) is 19.3. The normalized spacial score (nSPS) is 11.9. The quantitative estimate of drug-likeness (QED) is 0.427. The van der Waals surface area contributed by atoms with Crippen molar-refractivity contribution in [1.29, 1.82) is 5.26 Å². The van der Waals surface area contributed by atoms with E-state index in [0.717, 1.165) is 36.4 Å². The lowest BCUT2D eigenvalue weighted by atomic mass is 10.2. The van der Waals surface area contributed by atoms with Crippen LogP contribution >= 0.6 is 0 Å². The van der Waals surface area contributed by atoms with Gasteiger partial charge in [-0.15, -0.1) is 0 Å². The number of hydrogen-bond donors (Lipinski definition) is 4. The Bertz CT molecular complexity index is 1000. The molecule has 0 fully saturated rings. The maximum Gasteiger partial charge on any atom is 0.173 e. The monoisotopic (exact) mass is 380 g/mol. The van der Waals surface area contributed by atoms with E-state index in [4.69, 9.17) is 10.7 Å². The van der Waals surface area contributed by atoms with Crippen LogP contribution in [0.3, 0.4) is 0 Å². The Morgan fingerprint density at radius 2 is 2.11 bits per heavy atom. The van der Waals surface area contributed by atoms with Crippen molar-refractivity contribution in [2.75, 3.05) is 36.5 Å². The molecule has 3 rings (SSSR count). The largest absolute Gasteiger partial charge is 0.382 e. The molecule has 0 saturated heterocycles. The molecule has 10 nitrogen and oxygen atoms in total. The Balaban J connectivity index is 1.90. The molecule has 0 spiro atoms. The highest BCUT2D eigenvalue weighted by molar-refractivity contribution is 5.72. The van der Waals surface area contributed by atoms with Crippen molar-refractivity contribution in [3.8, 4) is 6.07 Å². The van der Waals surface area contributed by atoms with Crippen LogP contribution in [0, 0.1) is 18.3 Å². The lowest BCUT2D eigenvalue weighted by Crippen LogP contribution is -2.18. The van der Waals surface area contributed by atoms with Crippen LogP contribution in [0.5, 0.6) is 0 Å². The van der Waals surface area contributed by atoms with Gasteiger partial charge in [0.1, 0.15) is 35.1 Å². The predicted octanol–water partition coefficient (Wildman–Crippen LogP) is 1.48. The Hall–Kier alpha value is -3.45. The summed E-state index contributed by atoms with van der Waals surface area (Å²) in [5.41, 5.74) is 8.01. The van der Waals surface area contributed by atoms with Crippen LogP contribution in [0.1, 0.15) is 36.3 Å². The molecule has 3 aromatic rings. The third kappa shape index (κ3) is 3.94. The number of anilines is 3. The molecule has 0 bridgehead atoms. The van der Waals surface area contributed by atoms with Crippen LogP contribution in [-0.2, 0) is 0 Å². The molecule has 28 heavy (non-hydrogen) atoms. The molecule has 1 unspecified atom stereocenters. The number of nitrogens with two attached hydrogens (primary N) is 1. The van der Waals surface area contributed by atoms with Crippen molar-refractivity contribution in [3.63, 3.8) is 0 Å².